The molecule has 5 rings (SSSR count). The number of fused-ring (bicyclic) bond motifs is 2. The number of nitrogens with one attached hydrogen (secondary N) is 3. The minimum Gasteiger partial charge on any atom is -0.433 e. The van der Waals surface area contributed by atoms with Gasteiger partial charge in [-0.2, -0.15) is 6.20 Å². The van der Waals surface area contributed by atoms with Crippen molar-refractivity contribution in [2.45, 2.75) is 34.6 Å². The predicted octanol–water partition coefficient (Wildman–Crippen LogP) is 3.18. The van der Waals surface area contributed by atoms with Crippen molar-refractivity contribution in [3.05, 3.63) is 66.3 Å². The zero-order valence-electron chi connectivity index (χ0n) is 18.8. The molecular formula is C21H23N9Y2-2. The van der Waals surface area contributed by atoms with Crippen molar-refractivity contribution in [1.82, 2.24) is 40.2 Å². The van der Waals surface area contributed by atoms with Crippen molar-refractivity contribution in [2.24, 2.45) is 4.99 Å². The molecule has 32 heavy (non-hydrogen) atoms. The molecule has 0 saturated carbocycles. The maximum absolute atomic E-state index is 4.19. The average Bonchev–Trinajstić information content (AvgIpc) is 3.30. The second-order valence-electron chi connectivity index (χ2n) is 6.64. The van der Waals surface area contributed by atoms with Crippen molar-refractivity contribution in [2.75, 3.05) is 0 Å². The average molecular weight is 579 g/mol. The summed E-state index contributed by atoms with van der Waals surface area (Å²) in [6, 6.07) is 0. The first kappa shape index (κ1) is 28.4. The first-order valence-corrected chi connectivity index (χ1v) is 9.26. The van der Waals surface area contributed by atoms with Gasteiger partial charge in [0, 0.05) is 77.4 Å². The molecular weight excluding hydrogens is 556 g/mol. The van der Waals surface area contributed by atoms with Crippen molar-refractivity contribution in [3.63, 3.8) is 0 Å². The summed E-state index contributed by atoms with van der Waals surface area (Å²) in [5.74, 6) is 1.45. The van der Waals surface area contributed by atoms with E-state index < -0.39 is 0 Å². The quantitative estimate of drug-likeness (QED) is 0.276. The molecule has 4 aromatic heterocycles. The Morgan fingerprint density at radius 3 is 2.31 bits per heavy atom. The summed E-state index contributed by atoms with van der Waals surface area (Å²) in [6.07, 6.45) is 10.7. The van der Waals surface area contributed by atoms with E-state index in [0.717, 1.165) is 45.1 Å². The Hall–Kier alpha value is -1.67. The number of allylic oxidation sites excluding steroid dienone is 1. The number of H-pyrrole nitrogens is 2. The van der Waals surface area contributed by atoms with Crippen molar-refractivity contribution >= 4 is 27.9 Å². The van der Waals surface area contributed by atoms with E-state index in [1.165, 1.54) is 5.56 Å². The Kier molecular flexibility index (Phi) is 11.6. The zero-order valence-corrected chi connectivity index (χ0v) is 24.5. The third-order valence-electron chi connectivity index (χ3n) is 4.20. The summed E-state index contributed by atoms with van der Waals surface area (Å²) >= 11 is 0. The largest absolute Gasteiger partial charge is 0.433 e. The van der Waals surface area contributed by atoms with Crippen LogP contribution in [0.5, 0.6) is 0 Å². The van der Waals surface area contributed by atoms with Gasteiger partial charge in [0.2, 0.25) is 0 Å². The van der Waals surface area contributed by atoms with Crippen LogP contribution in [0.15, 0.2) is 36.1 Å². The van der Waals surface area contributed by atoms with Gasteiger partial charge in [0.1, 0.15) is 17.2 Å². The fourth-order valence-electron chi connectivity index (χ4n) is 2.86. The normalized spacial score (nSPS) is 11.8. The molecule has 2 radical (unpaired) electrons. The third-order valence-corrected chi connectivity index (χ3v) is 4.20. The number of nitrogens with zero attached hydrogens (tertiary/aromatic N) is 6. The number of imidazole rings is 1. The van der Waals surface area contributed by atoms with Gasteiger partial charge in [-0.1, -0.05) is 31.5 Å². The van der Waals surface area contributed by atoms with Crippen LogP contribution in [-0.2, 0) is 65.4 Å². The van der Waals surface area contributed by atoms with Gasteiger partial charge in [-0.3, -0.25) is 4.99 Å². The maximum atomic E-state index is 4.19. The van der Waals surface area contributed by atoms with E-state index in [1.807, 2.05) is 40.8 Å². The van der Waals surface area contributed by atoms with E-state index >= 15 is 0 Å². The summed E-state index contributed by atoms with van der Waals surface area (Å²) in [6.45, 7) is 13.3. The van der Waals surface area contributed by atoms with Gasteiger partial charge in [0.25, 0.3) is 0 Å². The summed E-state index contributed by atoms with van der Waals surface area (Å²) in [5.41, 5.74) is 6.53. The molecule has 0 atom stereocenters. The molecule has 0 aromatic carbocycles. The van der Waals surface area contributed by atoms with Gasteiger partial charge in [0.05, 0.1) is 12.0 Å². The van der Waals surface area contributed by atoms with E-state index in [-0.39, 0.29) is 65.4 Å². The number of aromatic nitrogens is 7. The van der Waals surface area contributed by atoms with E-state index in [1.54, 1.807) is 12.5 Å². The van der Waals surface area contributed by atoms with Crippen LogP contribution in [0.3, 0.4) is 0 Å². The summed E-state index contributed by atoms with van der Waals surface area (Å²) in [7, 11) is 0. The van der Waals surface area contributed by atoms with Crippen LogP contribution in [0.2, 0.25) is 0 Å². The van der Waals surface area contributed by atoms with Gasteiger partial charge >= 0.3 is 0 Å². The number of aryl methyl sites for hydroxylation is 4. The summed E-state index contributed by atoms with van der Waals surface area (Å²) < 4.78 is 0. The molecule has 0 saturated heterocycles. The van der Waals surface area contributed by atoms with Crippen LogP contribution >= 0.6 is 0 Å². The van der Waals surface area contributed by atoms with Crippen LogP contribution < -0.4 is 5.32 Å². The zero-order chi connectivity index (χ0) is 21.7. The molecule has 5 heterocycles. The fraction of sp³-hybridized carbons (Fsp3) is 0.238. The van der Waals surface area contributed by atoms with E-state index in [2.05, 4.69) is 64.2 Å². The molecule has 0 unspecified atom stereocenters. The fourth-order valence-corrected chi connectivity index (χ4v) is 2.86. The second kappa shape index (κ2) is 13.1. The van der Waals surface area contributed by atoms with Crippen molar-refractivity contribution in [3.8, 4) is 0 Å². The first-order valence-electron chi connectivity index (χ1n) is 9.26. The Morgan fingerprint density at radius 1 is 0.938 bits per heavy atom. The number of aromatic amines is 2. The van der Waals surface area contributed by atoms with Crippen LogP contribution in [0.4, 0.5) is 0 Å². The minimum absolute atomic E-state index is 0. The van der Waals surface area contributed by atoms with Gasteiger partial charge in [0.15, 0.2) is 5.65 Å². The number of hydrogen-bond acceptors (Lipinski definition) is 7. The first-order chi connectivity index (χ1) is 14.3. The standard InChI is InChI=1S/C8H8N3.C7H8N4.C6H7N2.2Y/c1-5-3-9-8-7(5)6(2)10-4-11-8;1-4-6-7(9-3-8-6)11-5(2)10-4;1-5-3-4-7-6(2)8-5;;/h3H,1-2H3,(H,9,10,11);3H,1-2H3,(H,8,9,10,11);4,7H,2H2,1H3;;/q-1;;-1;;. The van der Waals surface area contributed by atoms with Crippen molar-refractivity contribution < 1.29 is 65.4 Å². The van der Waals surface area contributed by atoms with E-state index in [9.17, 15) is 0 Å². The summed E-state index contributed by atoms with van der Waals surface area (Å²) in [5, 5.41) is 3.91. The van der Waals surface area contributed by atoms with E-state index in [4.69, 9.17) is 0 Å². The van der Waals surface area contributed by atoms with Crippen LogP contribution in [-0.4, -0.2) is 40.6 Å². The van der Waals surface area contributed by atoms with E-state index in [0.29, 0.717) is 5.82 Å². The third kappa shape index (κ3) is 7.44. The van der Waals surface area contributed by atoms with Gasteiger partial charge < -0.3 is 31.3 Å². The minimum atomic E-state index is 0. The SMILES string of the molecule is C=C1N=C(C)[C-]=CN1.Cc1c[nH]c2n[c-]nc(C)c12.Cc1nc(C)c2[nH]cnc2n1.[Y].[Y]. The Bertz CT molecular complexity index is 1250. The Balaban J connectivity index is 0.000000236. The Morgan fingerprint density at radius 2 is 1.69 bits per heavy atom. The molecule has 0 amide bonds. The number of aliphatic imine (C=N–C) groups is 1. The molecule has 0 spiro atoms. The molecule has 3 N–H and O–H groups in total. The van der Waals surface area contributed by atoms with Crippen molar-refractivity contribution in [1.29, 1.82) is 0 Å². The second-order valence-corrected chi connectivity index (χ2v) is 6.64. The molecule has 1 aliphatic rings. The maximum Gasteiger partial charge on any atom is 0.181 e. The topological polar surface area (TPSA) is 120 Å². The van der Waals surface area contributed by atoms with Crippen LogP contribution in [0.25, 0.3) is 22.2 Å². The van der Waals surface area contributed by atoms with Gasteiger partial charge in [-0.15, -0.1) is 5.71 Å². The predicted molar refractivity (Wildman–Crippen MR) is 117 cm³/mol. The Labute approximate surface area is 237 Å². The summed E-state index contributed by atoms with van der Waals surface area (Å²) in [4.78, 5) is 30.3. The molecule has 0 bridgehead atoms. The van der Waals surface area contributed by atoms with Crippen LogP contribution in [0, 0.1) is 40.1 Å². The molecule has 1 aliphatic heterocycles. The monoisotopic (exact) mass is 579 g/mol. The van der Waals surface area contributed by atoms with Crippen LogP contribution in [0.1, 0.15) is 29.7 Å². The molecule has 0 fully saturated rings. The van der Waals surface area contributed by atoms with Gasteiger partial charge in [-0.05, 0) is 32.5 Å². The number of hydrogen-bond donors (Lipinski definition) is 3. The van der Waals surface area contributed by atoms with Gasteiger partial charge in [-0.25, -0.2) is 15.0 Å². The molecule has 9 nitrogen and oxygen atoms in total. The molecule has 0 aliphatic carbocycles. The smallest absolute Gasteiger partial charge is 0.181 e. The molecule has 4 aromatic rings. The molecule has 160 valence electrons. The molecule has 11 heteroatoms. The number of rotatable bonds is 0.